The summed E-state index contributed by atoms with van der Waals surface area (Å²) >= 11 is 7.57. The molecule has 2 aromatic carbocycles. The van der Waals surface area contributed by atoms with Crippen molar-refractivity contribution in [3.8, 4) is 16.3 Å². The van der Waals surface area contributed by atoms with E-state index in [9.17, 15) is 8.42 Å². The lowest BCUT2D eigenvalue weighted by Crippen LogP contribution is -2.35. The molecule has 4 rings (SSSR count). The van der Waals surface area contributed by atoms with Gasteiger partial charge < -0.3 is 4.74 Å². The van der Waals surface area contributed by atoms with Gasteiger partial charge in [-0.1, -0.05) is 41.9 Å². The van der Waals surface area contributed by atoms with Crippen molar-refractivity contribution in [1.29, 1.82) is 0 Å². The first-order valence-corrected chi connectivity index (χ1v) is 11.0. The van der Waals surface area contributed by atoms with Crippen molar-refractivity contribution in [3.63, 3.8) is 0 Å². The zero-order valence-electron chi connectivity index (χ0n) is 14.6. The van der Waals surface area contributed by atoms with E-state index in [4.69, 9.17) is 21.3 Å². The summed E-state index contributed by atoms with van der Waals surface area (Å²) in [5.74, 6) is 0.291. The number of rotatable bonds is 4. The minimum Gasteiger partial charge on any atom is -0.495 e. The number of benzene rings is 2. The molecule has 0 N–H and O–H groups in total. The van der Waals surface area contributed by atoms with Crippen molar-refractivity contribution in [3.05, 3.63) is 64.1 Å². The number of aromatic nitrogens is 1. The third-order valence-corrected chi connectivity index (χ3v) is 7.69. The number of thiazole rings is 1. The topological polar surface area (TPSA) is 59.5 Å². The first-order valence-electron chi connectivity index (χ1n) is 8.37. The van der Waals surface area contributed by atoms with Gasteiger partial charge in [-0.25, -0.2) is 13.4 Å². The molecule has 0 fully saturated rings. The Morgan fingerprint density at radius 1 is 1.19 bits per heavy atom. The van der Waals surface area contributed by atoms with Crippen LogP contribution >= 0.6 is 22.9 Å². The summed E-state index contributed by atoms with van der Waals surface area (Å²) in [6, 6.07) is 14.5. The van der Waals surface area contributed by atoms with Crippen molar-refractivity contribution in [2.45, 2.75) is 17.9 Å². The highest BCUT2D eigenvalue weighted by Crippen LogP contribution is 2.35. The number of halogens is 1. The highest BCUT2D eigenvalue weighted by atomic mass is 35.5. The molecule has 2 heterocycles. The van der Waals surface area contributed by atoms with Crippen LogP contribution in [0.5, 0.6) is 5.75 Å². The first-order chi connectivity index (χ1) is 13.0. The largest absolute Gasteiger partial charge is 0.495 e. The van der Waals surface area contributed by atoms with E-state index in [1.807, 2.05) is 30.3 Å². The van der Waals surface area contributed by atoms with E-state index in [0.29, 0.717) is 30.3 Å². The summed E-state index contributed by atoms with van der Waals surface area (Å²) < 4.78 is 33.1. The molecule has 0 bridgehead atoms. The molecule has 0 saturated heterocycles. The summed E-state index contributed by atoms with van der Waals surface area (Å²) in [5.41, 5.74) is 2.02. The van der Waals surface area contributed by atoms with E-state index in [1.54, 1.807) is 23.5 Å². The molecule has 1 aliphatic heterocycles. The van der Waals surface area contributed by atoms with Crippen LogP contribution < -0.4 is 4.74 Å². The van der Waals surface area contributed by atoms with Crippen LogP contribution in [0, 0.1) is 0 Å². The lowest BCUT2D eigenvalue weighted by molar-refractivity contribution is 0.379. The Balaban J connectivity index is 1.67. The monoisotopic (exact) mass is 420 g/mol. The quantitative estimate of drug-likeness (QED) is 0.634. The van der Waals surface area contributed by atoms with Crippen LogP contribution in [0.1, 0.15) is 10.6 Å². The molecule has 3 aromatic rings. The Labute approximate surface area is 167 Å². The summed E-state index contributed by atoms with van der Waals surface area (Å²) in [6.45, 7) is 0.681. The molecule has 1 aliphatic rings. The van der Waals surface area contributed by atoms with Crippen LogP contribution in [-0.4, -0.2) is 31.4 Å². The van der Waals surface area contributed by atoms with E-state index in [2.05, 4.69) is 0 Å². The van der Waals surface area contributed by atoms with Crippen molar-refractivity contribution in [1.82, 2.24) is 9.29 Å². The first kappa shape index (κ1) is 18.4. The van der Waals surface area contributed by atoms with Crippen molar-refractivity contribution in [2.75, 3.05) is 13.7 Å². The summed E-state index contributed by atoms with van der Waals surface area (Å²) in [7, 11) is -2.27. The second-order valence-electron chi connectivity index (χ2n) is 6.14. The number of hydrogen-bond donors (Lipinski definition) is 0. The van der Waals surface area contributed by atoms with E-state index in [0.717, 1.165) is 21.1 Å². The highest BCUT2D eigenvalue weighted by Gasteiger charge is 2.32. The van der Waals surface area contributed by atoms with Gasteiger partial charge in [-0.2, -0.15) is 4.31 Å². The molecular formula is C19H17ClN2O3S2. The molecule has 0 atom stereocenters. The standard InChI is InChI=1S/C19H17ClN2O3S2/c1-25-16-8-7-14(20)11-18(16)27(23,24)22-10-9-15-17(12-22)26-19(21-15)13-5-3-2-4-6-13/h2-8,11H,9-10,12H2,1H3. The number of nitrogens with zero attached hydrogens (tertiary/aromatic N) is 2. The predicted octanol–water partition coefficient (Wildman–Crippen LogP) is 4.22. The van der Waals surface area contributed by atoms with Gasteiger partial charge in [-0.05, 0) is 18.2 Å². The number of fused-ring (bicyclic) bond motifs is 1. The molecule has 0 saturated carbocycles. The molecule has 0 amide bonds. The van der Waals surface area contributed by atoms with Crippen LogP contribution in [0.4, 0.5) is 0 Å². The van der Waals surface area contributed by atoms with Gasteiger partial charge in [-0.15, -0.1) is 11.3 Å². The molecule has 0 spiro atoms. The van der Waals surface area contributed by atoms with Gasteiger partial charge in [0.2, 0.25) is 10.0 Å². The molecule has 0 unspecified atom stereocenters. The lowest BCUT2D eigenvalue weighted by Gasteiger charge is -2.26. The highest BCUT2D eigenvalue weighted by molar-refractivity contribution is 7.89. The van der Waals surface area contributed by atoms with Gasteiger partial charge in [0.15, 0.2) is 0 Å². The van der Waals surface area contributed by atoms with Crippen LogP contribution in [-0.2, 0) is 23.0 Å². The second kappa shape index (κ2) is 7.24. The molecular weight excluding hydrogens is 404 g/mol. The maximum absolute atomic E-state index is 13.2. The fourth-order valence-electron chi connectivity index (χ4n) is 3.07. The van der Waals surface area contributed by atoms with Crippen LogP contribution in [0.2, 0.25) is 5.02 Å². The van der Waals surface area contributed by atoms with Crippen LogP contribution in [0.15, 0.2) is 53.4 Å². The van der Waals surface area contributed by atoms with E-state index in [1.165, 1.54) is 17.5 Å². The minimum atomic E-state index is -3.72. The zero-order chi connectivity index (χ0) is 19.0. The van der Waals surface area contributed by atoms with Gasteiger partial charge in [-0.3, -0.25) is 0 Å². The van der Waals surface area contributed by atoms with Gasteiger partial charge >= 0.3 is 0 Å². The van der Waals surface area contributed by atoms with Crippen LogP contribution in [0.25, 0.3) is 10.6 Å². The molecule has 0 radical (unpaired) electrons. The molecule has 0 aliphatic carbocycles. The Morgan fingerprint density at radius 3 is 2.70 bits per heavy atom. The third kappa shape index (κ3) is 3.48. The van der Waals surface area contributed by atoms with E-state index >= 15 is 0 Å². The van der Waals surface area contributed by atoms with Gasteiger partial charge in [0.1, 0.15) is 15.7 Å². The predicted molar refractivity (Wildman–Crippen MR) is 107 cm³/mol. The zero-order valence-corrected chi connectivity index (χ0v) is 16.9. The summed E-state index contributed by atoms with van der Waals surface area (Å²) in [4.78, 5) is 5.78. The van der Waals surface area contributed by atoms with E-state index in [-0.39, 0.29) is 4.90 Å². The maximum atomic E-state index is 13.2. The van der Waals surface area contributed by atoms with Gasteiger partial charge in [0.05, 0.1) is 19.3 Å². The van der Waals surface area contributed by atoms with Gasteiger partial charge in [0, 0.05) is 28.4 Å². The Bertz CT molecular complexity index is 1080. The average Bonchev–Trinajstić information content (AvgIpc) is 3.12. The molecule has 1 aromatic heterocycles. The Kier molecular flexibility index (Phi) is 4.94. The number of hydrogen-bond acceptors (Lipinski definition) is 5. The molecule has 8 heteroatoms. The molecule has 140 valence electrons. The van der Waals surface area contributed by atoms with E-state index < -0.39 is 10.0 Å². The number of sulfonamides is 1. The lowest BCUT2D eigenvalue weighted by atomic mass is 10.2. The normalized spacial score (nSPS) is 14.7. The Hall–Kier alpha value is -1.93. The van der Waals surface area contributed by atoms with Crippen molar-refractivity contribution >= 4 is 33.0 Å². The van der Waals surface area contributed by atoms with Crippen molar-refractivity contribution < 1.29 is 13.2 Å². The van der Waals surface area contributed by atoms with Crippen molar-refractivity contribution in [2.24, 2.45) is 0 Å². The molecule has 27 heavy (non-hydrogen) atoms. The summed E-state index contributed by atoms with van der Waals surface area (Å²) in [6.07, 6.45) is 0.584. The average molecular weight is 421 g/mol. The molecule has 5 nitrogen and oxygen atoms in total. The maximum Gasteiger partial charge on any atom is 0.247 e. The van der Waals surface area contributed by atoms with Crippen LogP contribution in [0.3, 0.4) is 0 Å². The third-order valence-electron chi connectivity index (χ3n) is 4.46. The number of ether oxygens (including phenoxy) is 1. The Morgan fingerprint density at radius 2 is 1.96 bits per heavy atom. The van der Waals surface area contributed by atoms with Gasteiger partial charge in [0.25, 0.3) is 0 Å². The fraction of sp³-hybridized carbons (Fsp3) is 0.211. The number of methoxy groups -OCH3 is 1. The smallest absolute Gasteiger partial charge is 0.247 e. The second-order valence-corrected chi connectivity index (χ2v) is 9.57. The minimum absolute atomic E-state index is 0.0914. The SMILES string of the molecule is COc1ccc(Cl)cc1S(=O)(=O)N1CCc2nc(-c3ccccc3)sc2C1. The fourth-order valence-corrected chi connectivity index (χ4v) is 6.11. The summed E-state index contributed by atoms with van der Waals surface area (Å²) in [5, 5.41) is 1.27.